The van der Waals surface area contributed by atoms with E-state index in [0.29, 0.717) is 12.0 Å². The molecular formula is C15H18N2O3S. The third-order valence-electron chi connectivity index (χ3n) is 3.95. The molecule has 0 aromatic carbocycles. The topological polar surface area (TPSA) is 61.2 Å². The summed E-state index contributed by atoms with van der Waals surface area (Å²) in [6, 6.07) is -0.645. The fourth-order valence-corrected chi connectivity index (χ4v) is 4.03. The van der Waals surface area contributed by atoms with Crippen LogP contribution in [0.2, 0.25) is 0 Å². The number of thiophene rings is 1. The van der Waals surface area contributed by atoms with Crippen LogP contribution in [0.5, 0.6) is 0 Å². The van der Waals surface area contributed by atoms with Gasteiger partial charge >= 0.3 is 5.97 Å². The van der Waals surface area contributed by atoms with Gasteiger partial charge < -0.3 is 4.74 Å². The molecule has 2 aromatic rings. The van der Waals surface area contributed by atoms with Crippen molar-refractivity contribution in [3.05, 3.63) is 27.1 Å². The highest BCUT2D eigenvalue weighted by Crippen LogP contribution is 2.33. The van der Waals surface area contributed by atoms with Crippen LogP contribution in [0, 0.1) is 0 Å². The monoisotopic (exact) mass is 306 g/mol. The van der Waals surface area contributed by atoms with Gasteiger partial charge in [0.15, 0.2) is 0 Å². The van der Waals surface area contributed by atoms with E-state index in [-0.39, 0.29) is 5.56 Å². The van der Waals surface area contributed by atoms with Crippen molar-refractivity contribution in [3.8, 4) is 0 Å². The average Bonchev–Trinajstić information content (AvgIpc) is 2.86. The lowest BCUT2D eigenvalue weighted by Gasteiger charge is -2.14. The zero-order valence-electron chi connectivity index (χ0n) is 12.2. The molecule has 3 rings (SSSR count). The fraction of sp³-hybridized carbons (Fsp3) is 0.533. The van der Waals surface area contributed by atoms with Crippen LogP contribution in [0.4, 0.5) is 0 Å². The number of rotatable bonds is 3. The number of carbonyl (C=O) groups is 1. The normalized spacial score (nSPS) is 15.7. The molecular weight excluding hydrogens is 288 g/mol. The molecule has 0 aliphatic heterocycles. The summed E-state index contributed by atoms with van der Waals surface area (Å²) in [5, 5.41) is 0.702. The first-order valence-corrected chi connectivity index (χ1v) is 8.13. The van der Waals surface area contributed by atoms with E-state index in [1.807, 2.05) is 0 Å². The summed E-state index contributed by atoms with van der Waals surface area (Å²) in [5.41, 5.74) is 1.02. The number of nitrogens with zero attached hydrogens (tertiary/aromatic N) is 2. The van der Waals surface area contributed by atoms with Gasteiger partial charge in [0.25, 0.3) is 5.56 Å². The molecule has 1 aliphatic rings. The summed E-state index contributed by atoms with van der Waals surface area (Å²) >= 11 is 1.61. The number of aryl methyl sites for hydroxylation is 2. The first-order chi connectivity index (χ1) is 10.1. The van der Waals surface area contributed by atoms with Gasteiger partial charge in [0.05, 0.1) is 18.3 Å². The Morgan fingerprint density at radius 1 is 1.48 bits per heavy atom. The SMILES string of the molecule is CCOC(=O)[C@@H](C)n1cnc2sc3c(c2c1=O)CCCC3. The second-order valence-corrected chi connectivity index (χ2v) is 6.36. The molecule has 5 nitrogen and oxygen atoms in total. The van der Waals surface area contributed by atoms with Crippen LogP contribution in [0.3, 0.4) is 0 Å². The highest BCUT2D eigenvalue weighted by Gasteiger charge is 2.23. The number of esters is 1. The van der Waals surface area contributed by atoms with Crippen molar-refractivity contribution in [2.75, 3.05) is 6.61 Å². The third-order valence-corrected chi connectivity index (χ3v) is 5.15. The van der Waals surface area contributed by atoms with E-state index in [1.54, 1.807) is 25.2 Å². The van der Waals surface area contributed by atoms with Gasteiger partial charge in [0.2, 0.25) is 0 Å². The molecule has 0 radical (unpaired) electrons. The average molecular weight is 306 g/mol. The standard InChI is InChI=1S/C15H18N2O3S/c1-3-20-15(19)9(2)17-8-16-13-12(14(17)18)10-6-4-5-7-11(10)21-13/h8-9H,3-7H2,1-2H3/t9-/m1/s1. The van der Waals surface area contributed by atoms with Crippen molar-refractivity contribution in [2.45, 2.75) is 45.6 Å². The Labute approximate surface area is 126 Å². The van der Waals surface area contributed by atoms with Crippen LogP contribution in [-0.2, 0) is 22.4 Å². The summed E-state index contributed by atoms with van der Waals surface area (Å²) in [5.74, 6) is -0.398. The third kappa shape index (κ3) is 2.37. The van der Waals surface area contributed by atoms with Crippen LogP contribution in [0.25, 0.3) is 10.2 Å². The van der Waals surface area contributed by atoms with E-state index >= 15 is 0 Å². The molecule has 1 aliphatic carbocycles. The molecule has 2 heterocycles. The Bertz CT molecular complexity index is 747. The van der Waals surface area contributed by atoms with Crippen LogP contribution in [-0.4, -0.2) is 22.1 Å². The van der Waals surface area contributed by atoms with Gasteiger partial charge in [0.1, 0.15) is 10.9 Å². The molecule has 0 spiro atoms. The van der Waals surface area contributed by atoms with Crippen molar-refractivity contribution < 1.29 is 9.53 Å². The minimum atomic E-state index is -0.645. The van der Waals surface area contributed by atoms with E-state index in [9.17, 15) is 9.59 Å². The first kappa shape index (κ1) is 14.3. The van der Waals surface area contributed by atoms with E-state index in [0.717, 1.165) is 29.7 Å². The Balaban J connectivity index is 2.11. The largest absolute Gasteiger partial charge is 0.464 e. The second kappa shape index (κ2) is 5.60. The predicted octanol–water partition coefficient (Wildman–Crippen LogP) is 2.46. The summed E-state index contributed by atoms with van der Waals surface area (Å²) in [4.78, 5) is 31.0. The predicted molar refractivity (Wildman–Crippen MR) is 81.9 cm³/mol. The lowest BCUT2D eigenvalue weighted by molar-refractivity contribution is -0.146. The maximum atomic E-state index is 12.7. The number of fused-ring (bicyclic) bond motifs is 3. The zero-order valence-corrected chi connectivity index (χ0v) is 13.0. The van der Waals surface area contributed by atoms with Gasteiger partial charge in [-0.2, -0.15) is 0 Å². The van der Waals surface area contributed by atoms with E-state index in [2.05, 4.69) is 4.98 Å². The van der Waals surface area contributed by atoms with Crippen LogP contribution < -0.4 is 5.56 Å². The first-order valence-electron chi connectivity index (χ1n) is 7.31. The van der Waals surface area contributed by atoms with Crippen molar-refractivity contribution in [2.24, 2.45) is 0 Å². The van der Waals surface area contributed by atoms with Gasteiger partial charge in [0, 0.05) is 4.88 Å². The Hall–Kier alpha value is -1.69. The maximum absolute atomic E-state index is 12.7. The highest BCUT2D eigenvalue weighted by molar-refractivity contribution is 7.18. The fourth-order valence-electron chi connectivity index (χ4n) is 2.81. The number of aromatic nitrogens is 2. The molecule has 6 heteroatoms. The number of hydrogen-bond donors (Lipinski definition) is 0. The molecule has 0 unspecified atom stereocenters. The second-order valence-electron chi connectivity index (χ2n) is 5.28. The molecule has 0 saturated heterocycles. The van der Waals surface area contributed by atoms with Gasteiger partial charge in [-0.25, -0.2) is 9.78 Å². The Kier molecular flexibility index (Phi) is 3.80. The van der Waals surface area contributed by atoms with E-state index < -0.39 is 12.0 Å². The van der Waals surface area contributed by atoms with Crippen LogP contribution in [0.1, 0.15) is 43.2 Å². The van der Waals surface area contributed by atoms with Gasteiger partial charge in [-0.15, -0.1) is 11.3 Å². The molecule has 1 atom stereocenters. The quantitative estimate of drug-likeness (QED) is 0.817. The number of hydrogen-bond acceptors (Lipinski definition) is 5. The van der Waals surface area contributed by atoms with Gasteiger partial charge in [-0.3, -0.25) is 9.36 Å². The summed E-state index contributed by atoms with van der Waals surface area (Å²) in [7, 11) is 0. The van der Waals surface area contributed by atoms with Crippen molar-refractivity contribution in [1.29, 1.82) is 0 Å². The smallest absolute Gasteiger partial charge is 0.328 e. The highest BCUT2D eigenvalue weighted by atomic mass is 32.1. The summed E-state index contributed by atoms with van der Waals surface area (Å²) < 4.78 is 6.39. The van der Waals surface area contributed by atoms with E-state index in [1.165, 1.54) is 22.2 Å². The van der Waals surface area contributed by atoms with E-state index in [4.69, 9.17) is 4.74 Å². The van der Waals surface area contributed by atoms with Crippen molar-refractivity contribution >= 4 is 27.5 Å². The molecule has 21 heavy (non-hydrogen) atoms. The Morgan fingerprint density at radius 3 is 3.00 bits per heavy atom. The van der Waals surface area contributed by atoms with Gasteiger partial charge in [-0.1, -0.05) is 0 Å². The van der Waals surface area contributed by atoms with Crippen molar-refractivity contribution in [3.63, 3.8) is 0 Å². The minimum Gasteiger partial charge on any atom is -0.464 e. The van der Waals surface area contributed by atoms with Crippen LogP contribution >= 0.6 is 11.3 Å². The molecule has 0 bridgehead atoms. The Morgan fingerprint density at radius 2 is 2.24 bits per heavy atom. The lowest BCUT2D eigenvalue weighted by atomic mass is 9.97. The van der Waals surface area contributed by atoms with Crippen LogP contribution in [0.15, 0.2) is 11.1 Å². The molecule has 112 valence electrons. The number of carbonyl (C=O) groups excluding carboxylic acids is 1. The molecule has 0 saturated carbocycles. The summed E-state index contributed by atoms with van der Waals surface area (Å²) in [6.07, 6.45) is 5.72. The molecule has 2 aromatic heterocycles. The van der Waals surface area contributed by atoms with Gasteiger partial charge in [-0.05, 0) is 45.1 Å². The minimum absolute atomic E-state index is 0.125. The number of ether oxygens (including phenoxy) is 1. The summed E-state index contributed by atoms with van der Waals surface area (Å²) in [6.45, 7) is 3.73. The maximum Gasteiger partial charge on any atom is 0.328 e. The lowest BCUT2D eigenvalue weighted by Crippen LogP contribution is -2.29. The zero-order chi connectivity index (χ0) is 15.0. The molecule has 0 amide bonds. The van der Waals surface area contributed by atoms with Crippen molar-refractivity contribution in [1.82, 2.24) is 9.55 Å². The molecule has 0 fully saturated rings. The molecule has 0 N–H and O–H groups in total.